The topological polar surface area (TPSA) is 53.6 Å². The number of benzene rings is 2. The van der Waals surface area contributed by atoms with Crippen LogP contribution >= 0.6 is 0 Å². The largest absolute Gasteiger partial charge is 0.496 e. The summed E-state index contributed by atoms with van der Waals surface area (Å²) in [6.45, 7) is 2.62. The number of ether oxygens (including phenoxy) is 1. The molecule has 1 unspecified atom stereocenters. The lowest BCUT2D eigenvalue weighted by atomic mass is 10.0. The van der Waals surface area contributed by atoms with E-state index in [-0.39, 0.29) is 37.0 Å². The van der Waals surface area contributed by atoms with Crippen LogP contribution in [0, 0.1) is 11.6 Å². The summed E-state index contributed by atoms with van der Waals surface area (Å²) in [6.07, 6.45) is 0.113. The number of carbonyl (C=O) groups excluding carboxylic acids is 1. The second-order valence-corrected chi connectivity index (χ2v) is 6.73. The molecule has 1 heterocycles. The zero-order valence-corrected chi connectivity index (χ0v) is 15.9. The minimum absolute atomic E-state index is 0.00290. The normalized spacial score (nSPS) is 17.3. The molecule has 0 saturated carbocycles. The summed E-state index contributed by atoms with van der Waals surface area (Å²) in [5.41, 5.74) is 1.02. The third kappa shape index (κ3) is 4.85. The zero-order chi connectivity index (χ0) is 19.9. The van der Waals surface area contributed by atoms with Crippen LogP contribution in [0.15, 0.2) is 42.5 Å². The average molecular weight is 389 g/mol. The number of nitrogens with zero attached hydrogens (tertiary/aromatic N) is 1. The maximum Gasteiger partial charge on any atom is 0.234 e. The van der Waals surface area contributed by atoms with Gasteiger partial charge in [0.05, 0.1) is 19.7 Å². The van der Waals surface area contributed by atoms with Crippen molar-refractivity contribution >= 4 is 5.91 Å². The molecule has 1 fully saturated rings. The fourth-order valence-corrected chi connectivity index (χ4v) is 3.52. The molecule has 0 bridgehead atoms. The third-order valence-corrected chi connectivity index (χ3v) is 4.96. The molecule has 7 heteroatoms. The second kappa shape index (κ2) is 9.61. The molecular formula is C21H25F2N3O2. The van der Waals surface area contributed by atoms with Crippen molar-refractivity contribution in [3.05, 3.63) is 65.2 Å². The Kier molecular flexibility index (Phi) is 6.95. The van der Waals surface area contributed by atoms with Crippen LogP contribution in [-0.4, -0.2) is 50.6 Å². The molecule has 1 aliphatic rings. The van der Waals surface area contributed by atoms with Crippen molar-refractivity contribution in [2.75, 3.05) is 39.8 Å². The molecule has 2 N–H and O–H groups in total. The minimum atomic E-state index is -0.590. The Morgan fingerprint density at radius 1 is 1.21 bits per heavy atom. The van der Waals surface area contributed by atoms with Crippen molar-refractivity contribution in [2.45, 2.75) is 12.5 Å². The molecule has 3 rings (SSSR count). The molecule has 0 spiro atoms. The minimum Gasteiger partial charge on any atom is -0.496 e. The van der Waals surface area contributed by atoms with Gasteiger partial charge in [0.2, 0.25) is 5.91 Å². The van der Waals surface area contributed by atoms with Crippen molar-refractivity contribution in [3.8, 4) is 5.75 Å². The van der Waals surface area contributed by atoms with Crippen LogP contribution in [0.5, 0.6) is 5.75 Å². The van der Waals surface area contributed by atoms with Gasteiger partial charge in [-0.15, -0.1) is 0 Å². The Bertz CT molecular complexity index is 796. The van der Waals surface area contributed by atoms with Crippen LogP contribution in [0.3, 0.4) is 0 Å². The van der Waals surface area contributed by atoms with Crippen LogP contribution in [0.2, 0.25) is 0 Å². The van der Waals surface area contributed by atoms with Crippen LogP contribution in [0.4, 0.5) is 8.78 Å². The number of nitrogens with one attached hydrogen (secondary N) is 2. The molecule has 1 amide bonds. The lowest BCUT2D eigenvalue weighted by molar-refractivity contribution is -0.123. The Morgan fingerprint density at radius 3 is 2.71 bits per heavy atom. The Hall–Kier alpha value is -2.51. The molecule has 5 nitrogen and oxygen atoms in total. The fourth-order valence-electron chi connectivity index (χ4n) is 3.52. The van der Waals surface area contributed by atoms with Crippen molar-refractivity contribution in [2.24, 2.45) is 0 Å². The van der Waals surface area contributed by atoms with E-state index in [0.717, 1.165) is 24.4 Å². The van der Waals surface area contributed by atoms with E-state index < -0.39 is 11.6 Å². The number of para-hydroxylation sites is 1. The molecule has 1 aliphatic heterocycles. The van der Waals surface area contributed by atoms with Gasteiger partial charge in [0, 0.05) is 37.3 Å². The number of halogens is 2. The standard InChI is InChI=1S/C21H25F2N3O2/c1-28-20-8-3-2-5-16(20)19-13-24-11-12-26(19)14-21(27)25-10-9-15-17(22)6-4-7-18(15)23/h2-8,19,24H,9-14H2,1H3,(H,25,27). The monoisotopic (exact) mass is 389 g/mol. The predicted molar refractivity (Wildman–Crippen MR) is 103 cm³/mol. The summed E-state index contributed by atoms with van der Waals surface area (Å²) in [7, 11) is 1.63. The van der Waals surface area contributed by atoms with Gasteiger partial charge < -0.3 is 15.4 Å². The summed E-state index contributed by atoms with van der Waals surface area (Å²) in [5.74, 6) is -0.560. The Balaban J connectivity index is 1.59. The van der Waals surface area contributed by atoms with Crippen molar-refractivity contribution in [3.63, 3.8) is 0 Å². The van der Waals surface area contributed by atoms with Gasteiger partial charge >= 0.3 is 0 Å². The molecule has 150 valence electrons. The fraction of sp³-hybridized carbons (Fsp3) is 0.381. The predicted octanol–water partition coefficient (Wildman–Crippen LogP) is 2.28. The lowest BCUT2D eigenvalue weighted by Gasteiger charge is -2.36. The zero-order valence-electron chi connectivity index (χ0n) is 15.9. The van der Waals surface area contributed by atoms with E-state index in [0.29, 0.717) is 6.54 Å². The summed E-state index contributed by atoms with van der Waals surface area (Å²) >= 11 is 0. The molecule has 28 heavy (non-hydrogen) atoms. The SMILES string of the molecule is COc1ccccc1C1CNCCN1CC(=O)NCCc1c(F)cccc1F. The van der Waals surface area contributed by atoms with E-state index in [9.17, 15) is 13.6 Å². The van der Waals surface area contributed by atoms with Gasteiger partial charge in [0.25, 0.3) is 0 Å². The van der Waals surface area contributed by atoms with E-state index in [2.05, 4.69) is 15.5 Å². The van der Waals surface area contributed by atoms with Crippen LogP contribution in [0.1, 0.15) is 17.2 Å². The highest BCUT2D eigenvalue weighted by atomic mass is 19.1. The van der Waals surface area contributed by atoms with Gasteiger partial charge in [-0.3, -0.25) is 9.69 Å². The number of methoxy groups -OCH3 is 1. The summed E-state index contributed by atoms with van der Waals surface area (Å²) in [5, 5.41) is 6.12. The quantitative estimate of drug-likeness (QED) is 0.763. The first-order valence-corrected chi connectivity index (χ1v) is 9.37. The molecule has 1 saturated heterocycles. The van der Waals surface area contributed by atoms with E-state index >= 15 is 0 Å². The number of hydrogen-bond acceptors (Lipinski definition) is 4. The van der Waals surface area contributed by atoms with Crippen LogP contribution in [0.25, 0.3) is 0 Å². The maximum atomic E-state index is 13.7. The average Bonchev–Trinajstić information content (AvgIpc) is 2.70. The van der Waals surface area contributed by atoms with Gasteiger partial charge in [0.1, 0.15) is 17.4 Å². The van der Waals surface area contributed by atoms with Crippen LogP contribution in [-0.2, 0) is 11.2 Å². The van der Waals surface area contributed by atoms with E-state index in [4.69, 9.17) is 4.74 Å². The highest BCUT2D eigenvalue weighted by Gasteiger charge is 2.27. The van der Waals surface area contributed by atoms with Gasteiger partial charge in [-0.2, -0.15) is 0 Å². The molecule has 2 aromatic carbocycles. The highest BCUT2D eigenvalue weighted by molar-refractivity contribution is 5.78. The third-order valence-electron chi connectivity index (χ3n) is 4.96. The van der Waals surface area contributed by atoms with E-state index in [1.54, 1.807) is 7.11 Å². The molecule has 0 aromatic heterocycles. The highest BCUT2D eigenvalue weighted by Crippen LogP contribution is 2.29. The van der Waals surface area contributed by atoms with Gasteiger partial charge in [-0.25, -0.2) is 8.78 Å². The van der Waals surface area contributed by atoms with Gasteiger partial charge in [0.15, 0.2) is 0 Å². The van der Waals surface area contributed by atoms with Crippen molar-refractivity contribution in [1.29, 1.82) is 0 Å². The lowest BCUT2D eigenvalue weighted by Crippen LogP contribution is -2.49. The number of amides is 1. The molecule has 0 aliphatic carbocycles. The Labute approximate surface area is 163 Å². The molecular weight excluding hydrogens is 364 g/mol. The van der Waals surface area contributed by atoms with Crippen molar-refractivity contribution in [1.82, 2.24) is 15.5 Å². The van der Waals surface area contributed by atoms with E-state index in [1.165, 1.54) is 18.2 Å². The smallest absolute Gasteiger partial charge is 0.234 e. The molecule has 1 atom stereocenters. The first-order chi connectivity index (χ1) is 13.6. The van der Waals surface area contributed by atoms with E-state index in [1.807, 2.05) is 24.3 Å². The molecule has 0 radical (unpaired) electrons. The number of rotatable bonds is 7. The summed E-state index contributed by atoms with van der Waals surface area (Å²) < 4.78 is 32.8. The summed E-state index contributed by atoms with van der Waals surface area (Å²) in [4.78, 5) is 14.5. The number of hydrogen-bond donors (Lipinski definition) is 2. The second-order valence-electron chi connectivity index (χ2n) is 6.73. The van der Waals surface area contributed by atoms with Gasteiger partial charge in [-0.05, 0) is 24.6 Å². The first-order valence-electron chi connectivity index (χ1n) is 9.37. The Morgan fingerprint density at radius 2 is 1.96 bits per heavy atom. The van der Waals surface area contributed by atoms with Crippen LogP contribution < -0.4 is 15.4 Å². The van der Waals surface area contributed by atoms with Gasteiger partial charge in [-0.1, -0.05) is 24.3 Å². The summed E-state index contributed by atoms with van der Waals surface area (Å²) in [6, 6.07) is 11.6. The maximum absolute atomic E-state index is 13.7. The number of piperazine rings is 1. The first kappa shape index (κ1) is 20.2. The van der Waals surface area contributed by atoms with Crippen molar-refractivity contribution < 1.29 is 18.3 Å². The number of carbonyl (C=O) groups is 1. The molecule has 2 aromatic rings.